The number of Topliss-reactive ketones (excluding diaryl/α,β-unsaturated/α-hetero) is 1. The van der Waals surface area contributed by atoms with E-state index in [0.29, 0.717) is 5.92 Å². The van der Waals surface area contributed by atoms with E-state index in [1.807, 2.05) is 0 Å². The van der Waals surface area contributed by atoms with Crippen LogP contribution >= 0.6 is 0 Å². The maximum Gasteiger partial charge on any atom is 0.220 e. The molecule has 0 spiro atoms. The summed E-state index contributed by atoms with van der Waals surface area (Å²) in [4.78, 5) is 24.2. The van der Waals surface area contributed by atoms with Crippen molar-refractivity contribution in [2.45, 2.75) is 39.7 Å². The number of ketones is 1. The Hall–Kier alpha value is -0.860. The van der Waals surface area contributed by atoms with Gasteiger partial charge in [-0.1, -0.05) is 13.3 Å². The molecule has 0 unspecified atom stereocenters. The van der Waals surface area contributed by atoms with Gasteiger partial charge in [0, 0.05) is 13.5 Å². The van der Waals surface area contributed by atoms with Crippen LogP contribution in [0.3, 0.4) is 0 Å². The van der Waals surface area contributed by atoms with Crippen LogP contribution in [0.15, 0.2) is 0 Å². The van der Waals surface area contributed by atoms with Crippen molar-refractivity contribution in [3.05, 3.63) is 0 Å². The van der Waals surface area contributed by atoms with E-state index in [0.717, 1.165) is 19.4 Å². The lowest BCUT2D eigenvalue weighted by molar-refractivity contribution is -0.136. The van der Waals surface area contributed by atoms with Crippen LogP contribution in [0, 0.1) is 5.92 Å². The van der Waals surface area contributed by atoms with Gasteiger partial charge < -0.3 is 4.90 Å². The van der Waals surface area contributed by atoms with Crippen LogP contribution in [0.2, 0.25) is 0 Å². The second-order valence-electron chi connectivity index (χ2n) is 3.72. The fraction of sp³-hybridized carbons (Fsp3) is 0.800. The molecule has 0 N–H and O–H groups in total. The summed E-state index contributed by atoms with van der Waals surface area (Å²) in [5.41, 5.74) is 0. The first kappa shape index (κ1) is 10.2. The first-order valence-electron chi connectivity index (χ1n) is 4.85. The first-order chi connectivity index (χ1) is 6.07. The smallest absolute Gasteiger partial charge is 0.220 e. The topological polar surface area (TPSA) is 37.4 Å². The van der Waals surface area contributed by atoms with Gasteiger partial charge in [-0.15, -0.1) is 0 Å². The molecule has 0 aromatic rings. The Morgan fingerprint density at radius 3 is 2.38 bits per heavy atom. The highest BCUT2D eigenvalue weighted by molar-refractivity contribution is 5.87. The minimum absolute atomic E-state index is 0.0242. The Bertz CT molecular complexity index is 225. The Morgan fingerprint density at radius 2 is 2.00 bits per heavy atom. The van der Waals surface area contributed by atoms with Gasteiger partial charge in [-0.3, -0.25) is 9.59 Å². The minimum Gasteiger partial charge on any atom is -0.333 e. The maximum atomic E-state index is 11.3. The van der Waals surface area contributed by atoms with Gasteiger partial charge in [0.05, 0.1) is 6.04 Å². The van der Waals surface area contributed by atoms with Crippen molar-refractivity contribution in [1.82, 2.24) is 4.90 Å². The molecule has 2 atom stereocenters. The molecule has 1 heterocycles. The molecule has 3 heteroatoms. The van der Waals surface area contributed by atoms with Gasteiger partial charge in [0.15, 0.2) is 5.78 Å². The van der Waals surface area contributed by atoms with E-state index in [2.05, 4.69) is 6.92 Å². The quantitative estimate of drug-likeness (QED) is 0.645. The molecule has 1 saturated heterocycles. The molecule has 1 aliphatic rings. The van der Waals surface area contributed by atoms with Crippen molar-refractivity contribution in [3.8, 4) is 0 Å². The van der Waals surface area contributed by atoms with Crippen molar-refractivity contribution in [1.29, 1.82) is 0 Å². The van der Waals surface area contributed by atoms with Crippen LogP contribution in [-0.4, -0.2) is 29.2 Å². The number of carbonyl (C=O) groups excluding carboxylic acids is 2. The number of hydrogen-bond acceptors (Lipinski definition) is 2. The summed E-state index contributed by atoms with van der Waals surface area (Å²) in [6.07, 6.45) is 1.95. The second-order valence-corrected chi connectivity index (χ2v) is 3.72. The molecule has 0 aromatic carbocycles. The maximum absolute atomic E-state index is 11.3. The van der Waals surface area contributed by atoms with E-state index in [9.17, 15) is 9.59 Å². The summed E-state index contributed by atoms with van der Waals surface area (Å²) >= 11 is 0. The first-order valence-corrected chi connectivity index (χ1v) is 4.85. The molecule has 1 amide bonds. The number of nitrogens with zero attached hydrogens (tertiary/aromatic N) is 1. The predicted molar refractivity (Wildman–Crippen MR) is 50.3 cm³/mol. The molecule has 1 fully saturated rings. The molecule has 0 aliphatic carbocycles. The van der Waals surface area contributed by atoms with Crippen molar-refractivity contribution in [3.63, 3.8) is 0 Å². The fourth-order valence-electron chi connectivity index (χ4n) is 2.19. The molecular formula is C10H17NO2. The van der Waals surface area contributed by atoms with E-state index < -0.39 is 0 Å². The van der Waals surface area contributed by atoms with Gasteiger partial charge in [0.2, 0.25) is 5.91 Å². The van der Waals surface area contributed by atoms with E-state index in [-0.39, 0.29) is 17.7 Å². The normalized spacial score (nSPS) is 27.8. The number of likely N-dealkylation sites (tertiary alicyclic amines) is 1. The van der Waals surface area contributed by atoms with Crippen molar-refractivity contribution in [2.75, 3.05) is 6.54 Å². The van der Waals surface area contributed by atoms with E-state index in [1.165, 1.54) is 6.92 Å². The summed E-state index contributed by atoms with van der Waals surface area (Å²) in [5.74, 6) is 0.525. The summed E-state index contributed by atoms with van der Waals surface area (Å²) in [5, 5.41) is 0. The highest BCUT2D eigenvalue weighted by Crippen LogP contribution is 2.27. The third-order valence-corrected chi connectivity index (χ3v) is 2.87. The van der Waals surface area contributed by atoms with Gasteiger partial charge in [-0.25, -0.2) is 0 Å². The predicted octanol–water partition coefficient (Wildman–Crippen LogP) is 1.22. The van der Waals surface area contributed by atoms with E-state index in [1.54, 1.807) is 11.8 Å². The number of carbonyl (C=O) groups is 2. The third-order valence-electron chi connectivity index (χ3n) is 2.87. The van der Waals surface area contributed by atoms with Crippen LogP contribution in [-0.2, 0) is 9.59 Å². The van der Waals surface area contributed by atoms with Crippen LogP contribution in [0.25, 0.3) is 0 Å². The molecule has 0 saturated carbocycles. The molecule has 0 bridgehead atoms. The van der Waals surface area contributed by atoms with Crippen LogP contribution < -0.4 is 0 Å². The van der Waals surface area contributed by atoms with Gasteiger partial charge in [-0.2, -0.15) is 0 Å². The summed E-state index contributed by atoms with van der Waals surface area (Å²) in [6, 6.07) is -0.150. The highest BCUT2D eigenvalue weighted by atomic mass is 16.2. The van der Waals surface area contributed by atoms with Gasteiger partial charge in [-0.05, 0) is 19.3 Å². The molecule has 1 aliphatic heterocycles. The largest absolute Gasteiger partial charge is 0.333 e. The van der Waals surface area contributed by atoms with Gasteiger partial charge in [0.1, 0.15) is 0 Å². The lowest BCUT2D eigenvalue weighted by atomic mass is 9.95. The summed E-state index contributed by atoms with van der Waals surface area (Å²) in [7, 11) is 0. The molecule has 3 nitrogen and oxygen atoms in total. The van der Waals surface area contributed by atoms with Crippen LogP contribution in [0.4, 0.5) is 0 Å². The molecule has 1 rings (SSSR count). The SMILES string of the molecule is CC[C@@H]1CCN(C(C)=O)[C@@H]1C(C)=O. The lowest BCUT2D eigenvalue weighted by Crippen LogP contribution is -2.41. The zero-order chi connectivity index (χ0) is 10.0. The lowest BCUT2D eigenvalue weighted by Gasteiger charge is -2.24. The zero-order valence-electron chi connectivity index (χ0n) is 8.54. The Labute approximate surface area is 79.1 Å². The average Bonchev–Trinajstić information content (AvgIpc) is 2.46. The number of rotatable bonds is 2. The van der Waals surface area contributed by atoms with Gasteiger partial charge >= 0.3 is 0 Å². The third kappa shape index (κ3) is 1.90. The fourth-order valence-corrected chi connectivity index (χ4v) is 2.19. The Kier molecular flexibility index (Phi) is 3.07. The standard InChI is InChI=1S/C10H17NO2/c1-4-9-5-6-11(8(3)13)10(9)7(2)12/h9-10H,4-6H2,1-3H3/t9-,10-/m1/s1. The molecular weight excluding hydrogens is 166 g/mol. The van der Waals surface area contributed by atoms with Crippen LogP contribution in [0.5, 0.6) is 0 Å². The second kappa shape index (κ2) is 3.90. The monoisotopic (exact) mass is 183 g/mol. The van der Waals surface area contributed by atoms with E-state index >= 15 is 0 Å². The van der Waals surface area contributed by atoms with Crippen molar-refractivity contribution < 1.29 is 9.59 Å². The summed E-state index contributed by atoms with van der Waals surface area (Å²) < 4.78 is 0. The Morgan fingerprint density at radius 1 is 1.38 bits per heavy atom. The zero-order valence-corrected chi connectivity index (χ0v) is 8.54. The van der Waals surface area contributed by atoms with Crippen LogP contribution in [0.1, 0.15) is 33.6 Å². The molecule has 0 radical (unpaired) electrons. The van der Waals surface area contributed by atoms with E-state index in [4.69, 9.17) is 0 Å². The molecule has 0 aromatic heterocycles. The molecule has 74 valence electrons. The van der Waals surface area contributed by atoms with Gasteiger partial charge in [0.25, 0.3) is 0 Å². The Balaban J connectivity index is 2.78. The van der Waals surface area contributed by atoms with Crippen molar-refractivity contribution in [2.24, 2.45) is 5.92 Å². The number of amides is 1. The molecule has 13 heavy (non-hydrogen) atoms. The average molecular weight is 183 g/mol. The minimum atomic E-state index is -0.150. The number of hydrogen-bond donors (Lipinski definition) is 0. The van der Waals surface area contributed by atoms with Crippen molar-refractivity contribution >= 4 is 11.7 Å². The highest BCUT2D eigenvalue weighted by Gasteiger charge is 2.37. The summed E-state index contributed by atoms with van der Waals surface area (Å²) in [6.45, 7) is 5.94.